The van der Waals surface area contributed by atoms with Crippen LogP contribution in [0.5, 0.6) is 0 Å². The van der Waals surface area contributed by atoms with Crippen LogP contribution in [0, 0.1) is 11.3 Å². The summed E-state index contributed by atoms with van der Waals surface area (Å²) in [4.78, 5) is 30.0. The molecule has 0 saturated heterocycles. The number of para-hydroxylation sites is 1. The van der Waals surface area contributed by atoms with Crippen LogP contribution in [-0.4, -0.2) is 25.0 Å². The Labute approximate surface area is 258 Å². The van der Waals surface area contributed by atoms with Gasteiger partial charge in [0.1, 0.15) is 33.2 Å². The number of aromatic amines is 1. The van der Waals surface area contributed by atoms with Gasteiger partial charge < -0.3 is 10.1 Å². The molecule has 6 aromatic rings. The molecule has 0 aliphatic carbocycles. The van der Waals surface area contributed by atoms with Crippen LogP contribution >= 0.6 is 45.9 Å². The van der Waals surface area contributed by atoms with Gasteiger partial charge in [0.05, 0.1) is 28.2 Å². The van der Waals surface area contributed by atoms with E-state index in [1.165, 1.54) is 22.7 Å². The Bertz CT molecular complexity index is 2040. The van der Waals surface area contributed by atoms with Crippen molar-refractivity contribution in [2.75, 3.05) is 0 Å². The number of fused-ring (bicyclic) bond motifs is 1. The smallest absolute Gasteiger partial charge is 0.258 e. The topological polar surface area (TPSA) is 116 Å². The van der Waals surface area contributed by atoms with Gasteiger partial charge in [-0.3, -0.25) is 4.79 Å². The predicted molar refractivity (Wildman–Crippen MR) is 169 cm³/mol. The van der Waals surface area contributed by atoms with E-state index in [1.54, 1.807) is 42.5 Å². The Morgan fingerprint density at radius 2 is 1.50 bits per heavy atom. The average molecular weight is 629 g/mol. The van der Waals surface area contributed by atoms with Gasteiger partial charge in [-0.1, -0.05) is 59.6 Å². The van der Waals surface area contributed by atoms with Crippen molar-refractivity contribution in [3.8, 4) is 28.6 Å². The van der Waals surface area contributed by atoms with Crippen molar-refractivity contribution in [2.45, 2.75) is 12.3 Å². The highest BCUT2D eigenvalue weighted by atomic mass is 35.5. The quantitative estimate of drug-likeness (QED) is 0.135. The first-order chi connectivity index (χ1) is 20.4. The lowest BCUT2D eigenvalue weighted by atomic mass is 10.0. The largest absolute Gasteiger partial charge is 0.511 e. The van der Waals surface area contributed by atoms with Gasteiger partial charge in [0, 0.05) is 38.4 Å². The number of nitrogens with one attached hydrogen (secondary N) is 1. The first-order valence-electron chi connectivity index (χ1n) is 12.6. The van der Waals surface area contributed by atoms with Crippen molar-refractivity contribution < 1.29 is 5.11 Å². The van der Waals surface area contributed by atoms with E-state index in [0.29, 0.717) is 42.5 Å². The minimum absolute atomic E-state index is 0.0341. The summed E-state index contributed by atoms with van der Waals surface area (Å²) in [6, 6.07) is 23.7. The molecule has 3 aromatic heterocycles. The molecule has 206 valence electrons. The van der Waals surface area contributed by atoms with E-state index in [4.69, 9.17) is 33.2 Å². The van der Waals surface area contributed by atoms with E-state index in [1.807, 2.05) is 41.1 Å². The van der Waals surface area contributed by atoms with E-state index in [2.05, 4.69) is 16.0 Å². The molecule has 0 aliphatic rings. The number of H-pyrrole nitrogens is 1. The third-order valence-corrected chi connectivity index (χ3v) is 8.90. The molecule has 0 bridgehead atoms. The van der Waals surface area contributed by atoms with E-state index < -0.39 is 5.92 Å². The number of halogens is 2. The fourth-order valence-corrected chi connectivity index (χ4v) is 6.47. The summed E-state index contributed by atoms with van der Waals surface area (Å²) < 4.78 is 0. The second kappa shape index (κ2) is 11.9. The molecule has 1 atom stereocenters. The summed E-state index contributed by atoms with van der Waals surface area (Å²) in [7, 11) is 0. The van der Waals surface area contributed by atoms with Crippen molar-refractivity contribution in [1.29, 1.82) is 5.26 Å². The molecule has 0 spiro atoms. The summed E-state index contributed by atoms with van der Waals surface area (Å²) in [6.07, 6.45) is -0.0341. The van der Waals surface area contributed by atoms with Crippen LogP contribution in [0.1, 0.15) is 28.2 Å². The molecule has 3 aromatic carbocycles. The summed E-state index contributed by atoms with van der Waals surface area (Å²) in [5.74, 6) is -0.494. The van der Waals surface area contributed by atoms with Crippen molar-refractivity contribution >= 4 is 62.4 Å². The number of hydrogen-bond acceptors (Lipinski definition) is 8. The number of hydrogen-bond donors (Lipinski definition) is 2. The van der Waals surface area contributed by atoms with Gasteiger partial charge in [0.2, 0.25) is 0 Å². The second-order valence-corrected chi connectivity index (χ2v) is 11.9. The number of nitrogens with zero attached hydrogens (tertiary/aromatic N) is 4. The zero-order valence-corrected chi connectivity index (χ0v) is 24.7. The Kier molecular flexibility index (Phi) is 7.87. The predicted octanol–water partition coefficient (Wildman–Crippen LogP) is 8.49. The molecule has 0 aliphatic heterocycles. The molecule has 0 amide bonds. The Balaban J connectivity index is 1.41. The van der Waals surface area contributed by atoms with Crippen LogP contribution in [0.4, 0.5) is 0 Å². The number of nitriles is 1. The maximum absolute atomic E-state index is 13.0. The maximum Gasteiger partial charge on any atom is 0.258 e. The highest BCUT2D eigenvalue weighted by molar-refractivity contribution is 7.11. The van der Waals surface area contributed by atoms with Gasteiger partial charge in [-0.25, -0.2) is 15.0 Å². The second-order valence-electron chi connectivity index (χ2n) is 9.28. The zero-order chi connectivity index (χ0) is 29.2. The molecular weight excluding hydrogens is 609 g/mol. The van der Waals surface area contributed by atoms with Crippen molar-refractivity contribution in [2.24, 2.45) is 0 Å². The van der Waals surface area contributed by atoms with Crippen molar-refractivity contribution in [3.63, 3.8) is 0 Å². The van der Waals surface area contributed by atoms with Gasteiger partial charge >= 0.3 is 0 Å². The normalized spacial score (nSPS) is 12.6. The van der Waals surface area contributed by atoms with Gasteiger partial charge in [-0.2, -0.15) is 5.26 Å². The van der Waals surface area contributed by atoms with Crippen LogP contribution in [-0.2, 0) is 0 Å². The van der Waals surface area contributed by atoms with Gasteiger partial charge in [-0.15, -0.1) is 22.7 Å². The molecule has 42 heavy (non-hydrogen) atoms. The number of aromatic nitrogens is 4. The van der Waals surface area contributed by atoms with Crippen LogP contribution < -0.4 is 5.56 Å². The molecular formula is C31H19Cl2N5O2S2. The number of benzene rings is 3. The minimum Gasteiger partial charge on any atom is -0.511 e. The lowest BCUT2D eigenvalue weighted by Crippen LogP contribution is -2.16. The Morgan fingerprint density at radius 3 is 2.17 bits per heavy atom. The monoisotopic (exact) mass is 627 g/mol. The number of thiazole rings is 2. The molecule has 2 N–H and O–H groups in total. The number of allylic oxidation sites excluding steroid dienone is 2. The van der Waals surface area contributed by atoms with Crippen molar-refractivity contribution in [1.82, 2.24) is 19.9 Å². The highest BCUT2D eigenvalue weighted by Gasteiger charge is 2.26. The van der Waals surface area contributed by atoms with Crippen LogP contribution in [0.15, 0.2) is 94.1 Å². The standard InChI is InChI=1S/C31H19Cl2N5O2S2/c32-19-9-5-17(6-10-19)25-15-41-30(36-25)22(28-35-24-4-2-1-3-21(24)29(40)38-28)13-27(39)23(14-34)31-37-26(16-42-31)18-7-11-20(33)12-8-18/h1-12,15-16,22,39H,13H2,(H,35,38,40)/b27-23-. The Hall–Kier alpha value is -4.33. The highest BCUT2D eigenvalue weighted by Crippen LogP contribution is 2.36. The third-order valence-electron chi connectivity index (χ3n) is 6.58. The zero-order valence-electron chi connectivity index (χ0n) is 21.6. The molecule has 1 unspecified atom stereocenters. The lowest BCUT2D eigenvalue weighted by Gasteiger charge is -2.15. The summed E-state index contributed by atoms with van der Waals surface area (Å²) >= 11 is 14.7. The van der Waals surface area contributed by atoms with E-state index >= 15 is 0 Å². The van der Waals surface area contributed by atoms with Crippen molar-refractivity contribution in [3.05, 3.63) is 126 Å². The number of aliphatic hydroxyl groups excluding tert-OH is 1. The summed E-state index contributed by atoms with van der Waals surface area (Å²) in [5.41, 5.74) is 3.36. The molecule has 0 saturated carbocycles. The first-order valence-corrected chi connectivity index (χ1v) is 15.2. The van der Waals surface area contributed by atoms with Gasteiger partial charge in [0.15, 0.2) is 0 Å². The summed E-state index contributed by atoms with van der Waals surface area (Å²) in [6.45, 7) is 0. The molecule has 6 rings (SSSR count). The molecule has 0 radical (unpaired) electrons. The van der Waals surface area contributed by atoms with E-state index in [9.17, 15) is 15.2 Å². The van der Waals surface area contributed by atoms with Gasteiger partial charge in [-0.05, 0) is 36.4 Å². The van der Waals surface area contributed by atoms with Gasteiger partial charge in [0.25, 0.3) is 5.56 Å². The fraction of sp³-hybridized carbons (Fsp3) is 0.0645. The third kappa shape index (κ3) is 5.71. The fourth-order valence-electron chi connectivity index (χ4n) is 4.44. The van der Waals surface area contributed by atoms with E-state index in [0.717, 1.165) is 16.8 Å². The average Bonchev–Trinajstić information content (AvgIpc) is 3.68. The molecule has 0 fully saturated rings. The van der Waals surface area contributed by atoms with Crippen LogP contribution in [0.2, 0.25) is 10.0 Å². The molecule has 11 heteroatoms. The SMILES string of the molecule is N#C/C(=C(/O)CC(c1nc2ccccc2c(=O)[nH]1)c1nc(-c2ccc(Cl)cc2)cs1)c1nc(-c2ccc(Cl)cc2)cs1. The molecule has 3 heterocycles. The van der Waals surface area contributed by atoms with E-state index in [-0.39, 0.29) is 23.3 Å². The van der Waals surface area contributed by atoms with Crippen LogP contribution in [0.3, 0.4) is 0 Å². The number of rotatable bonds is 7. The minimum atomic E-state index is -0.646. The maximum atomic E-state index is 13.0. The molecule has 7 nitrogen and oxygen atoms in total. The Morgan fingerprint density at radius 1 is 0.881 bits per heavy atom. The summed E-state index contributed by atoms with van der Waals surface area (Å²) in [5, 5.41) is 27.8. The number of aliphatic hydroxyl groups is 1. The first kappa shape index (κ1) is 27.8. The van der Waals surface area contributed by atoms with Crippen LogP contribution in [0.25, 0.3) is 39.0 Å². The lowest BCUT2D eigenvalue weighted by molar-refractivity contribution is 0.382.